The van der Waals surface area contributed by atoms with Crippen LogP contribution in [0.25, 0.3) is 0 Å². The van der Waals surface area contributed by atoms with Crippen LogP contribution < -0.4 is 0 Å². The molecule has 17 heavy (non-hydrogen) atoms. The molecular weight excluding hydrogens is 218 g/mol. The molecule has 0 aromatic rings. The van der Waals surface area contributed by atoms with Crippen molar-refractivity contribution in [2.24, 2.45) is 23.2 Å². The normalized spacial score (nSPS) is 32.0. The number of imide groups is 1. The molecule has 1 aliphatic heterocycles. The summed E-state index contributed by atoms with van der Waals surface area (Å²) in [5.74, 6) is -0.0838. The SMILES string of the molecule is CC(C)CC(CO)N1C(=O)C2C(C1=O)C2(C)C. The molecule has 2 aliphatic rings. The third kappa shape index (κ3) is 1.69. The number of fused-ring (bicyclic) bond motifs is 1. The first-order valence-corrected chi connectivity index (χ1v) is 6.30. The number of likely N-dealkylation sites (tertiary alicyclic amines) is 1. The molecule has 0 radical (unpaired) electrons. The molecule has 1 saturated heterocycles. The Morgan fingerprint density at radius 2 is 1.71 bits per heavy atom. The number of hydrogen-bond acceptors (Lipinski definition) is 3. The minimum absolute atomic E-state index is 0.0790. The monoisotopic (exact) mass is 239 g/mol. The van der Waals surface area contributed by atoms with Crippen molar-refractivity contribution >= 4 is 11.8 Å². The predicted molar refractivity (Wildman–Crippen MR) is 62.9 cm³/mol. The molecule has 4 nitrogen and oxygen atoms in total. The standard InChI is InChI=1S/C13H21NO3/c1-7(2)5-8(6-15)14-11(16)9-10(12(14)17)13(9,3)4/h7-10,15H,5-6H2,1-4H3. The molecule has 0 bridgehead atoms. The van der Waals surface area contributed by atoms with Crippen molar-refractivity contribution in [1.82, 2.24) is 4.90 Å². The van der Waals surface area contributed by atoms with Crippen molar-refractivity contribution in [3.8, 4) is 0 Å². The average Bonchev–Trinajstić information content (AvgIpc) is 2.66. The van der Waals surface area contributed by atoms with Gasteiger partial charge in [0.1, 0.15) is 0 Å². The maximum absolute atomic E-state index is 12.1. The van der Waals surface area contributed by atoms with E-state index in [2.05, 4.69) is 0 Å². The number of nitrogens with zero attached hydrogens (tertiary/aromatic N) is 1. The minimum Gasteiger partial charge on any atom is -0.394 e. The summed E-state index contributed by atoms with van der Waals surface area (Å²) in [5, 5.41) is 9.36. The molecule has 3 unspecified atom stereocenters. The summed E-state index contributed by atoms with van der Waals surface area (Å²) in [7, 11) is 0. The van der Waals surface area contributed by atoms with E-state index in [0.717, 1.165) is 0 Å². The minimum atomic E-state index is -0.335. The van der Waals surface area contributed by atoms with Gasteiger partial charge in [-0.05, 0) is 17.8 Å². The van der Waals surface area contributed by atoms with Crippen LogP contribution in [0.15, 0.2) is 0 Å². The van der Waals surface area contributed by atoms with E-state index in [9.17, 15) is 14.7 Å². The van der Waals surface area contributed by atoms with Crippen molar-refractivity contribution in [1.29, 1.82) is 0 Å². The second-order valence-corrected chi connectivity index (χ2v) is 6.29. The molecule has 1 saturated carbocycles. The molecule has 0 aromatic carbocycles. The number of aliphatic hydroxyl groups excluding tert-OH is 1. The number of carbonyl (C=O) groups is 2. The maximum atomic E-state index is 12.1. The zero-order valence-corrected chi connectivity index (χ0v) is 10.9. The van der Waals surface area contributed by atoms with Gasteiger partial charge in [-0.3, -0.25) is 14.5 Å². The molecule has 4 heteroatoms. The summed E-state index contributed by atoms with van der Waals surface area (Å²) >= 11 is 0. The second kappa shape index (κ2) is 3.80. The Labute approximate surface area is 102 Å². The fraction of sp³-hybridized carbons (Fsp3) is 0.846. The van der Waals surface area contributed by atoms with Gasteiger partial charge in [-0.15, -0.1) is 0 Å². The topological polar surface area (TPSA) is 57.6 Å². The van der Waals surface area contributed by atoms with E-state index >= 15 is 0 Å². The lowest BCUT2D eigenvalue weighted by Crippen LogP contribution is -2.46. The third-order valence-electron chi connectivity index (χ3n) is 4.15. The lowest BCUT2D eigenvalue weighted by Gasteiger charge is -2.29. The molecule has 0 spiro atoms. The van der Waals surface area contributed by atoms with Gasteiger partial charge in [0.15, 0.2) is 0 Å². The molecule has 3 atom stereocenters. The molecule has 1 aliphatic carbocycles. The van der Waals surface area contributed by atoms with Gasteiger partial charge in [-0.2, -0.15) is 0 Å². The van der Waals surface area contributed by atoms with Crippen LogP contribution in [-0.4, -0.2) is 34.5 Å². The first-order chi connectivity index (χ1) is 7.82. The fourth-order valence-corrected chi connectivity index (χ4v) is 3.13. The van der Waals surface area contributed by atoms with Crippen LogP contribution in [-0.2, 0) is 9.59 Å². The van der Waals surface area contributed by atoms with Gasteiger partial charge >= 0.3 is 0 Å². The largest absolute Gasteiger partial charge is 0.394 e. The smallest absolute Gasteiger partial charge is 0.234 e. The summed E-state index contributed by atoms with van der Waals surface area (Å²) in [6.07, 6.45) is 0.674. The number of carbonyl (C=O) groups excluding carboxylic acids is 2. The Bertz CT molecular complexity index is 338. The van der Waals surface area contributed by atoms with Crippen molar-refractivity contribution in [2.75, 3.05) is 6.61 Å². The third-order valence-corrected chi connectivity index (χ3v) is 4.15. The van der Waals surface area contributed by atoms with Crippen LogP contribution in [0.2, 0.25) is 0 Å². The van der Waals surface area contributed by atoms with E-state index in [1.54, 1.807) is 0 Å². The van der Waals surface area contributed by atoms with Gasteiger partial charge in [0.25, 0.3) is 0 Å². The van der Waals surface area contributed by atoms with E-state index < -0.39 is 0 Å². The van der Waals surface area contributed by atoms with Crippen LogP contribution in [0, 0.1) is 23.2 Å². The van der Waals surface area contributed by atoms with Crippen LogP contribution in [0.3, 0.4) is 0 Å². The molecule has 2 fully saturated rings. The van der Waals surface area contributed by atoms with Crippen LogP contribution in [0.5, 0.6) is 0 Å². The molecule has 1 heterocycles. The van der Waals surface area contributed by atoms with E-state index in [1.165, 1.54) is 4.90 Å². The first kappa shape index (κ1) is 12.6. The van der Waals surface area contributed by atoms with E-state index in [1.807, 2.05) is 27.7 Å². The number of aliphatic hydroxyl groups is 1. The maximum Gasteiger partial charge on any atom is 0.234 e. The van der Waals surface area contributed by atoms with Gasteiger partial charge in [0.2, 0.25) is 11.8 Å². The van der Waals surface area contributed by atoms with Crippen LogP contribution in [0.4, 0.5) is 0 Å². The van der Waals surface area contributed by atoms with Gasteiger partial charge in [0, 0.05) is 0 Å². The van der Waals surface area contributed by atoms with Crippen LogP contribution in [0.1, 0.15) is 34.1 Å². The molecule has 96 valence electrons. The highest BCUT2D eigenvalue weighted by Crippen LogP contribution is 2.63. The fourth-order valence-electron chi connectivity index (χ4n) is 3.13. The summed E-state index contributed by atoms with van der Waals surface area (Å²) in [6, 6.07) is -0.335. The van der Waals surface area contributed by atoms with Gasteiger partial charge in [0.05, 0.1) is 24.5 Å². The summed E-state index contributed by atoms with van der Waals surface area (Å²) in [6.45, 7) is 7.85. The van der Waals surface area contributed by atoms with Gasteiger partial charge in [-0.25, -0.2) is 0 Å². The van der Waals surface area contributed by atoms with Crippen molar-refractivity contribution in [2.45, 2.75) is 40.2 Å². The lowest BCUT2D eigenvalue weighted by atomic mass is 10.00. The van der Waals surface area contributed by atoms with Crippen molar-refractivity contribution in [3.63, 3.8) is 0 Å². The predicted octanol–water partition coefficient (Wildman–Crippen LogP) is 1.03. The Morgan fingerprint density at radius 3 is 2.06 bits per heavy atom. The molecular formula is C13H21NO3. The van der Waals surface area contributed by atoms with Crippen LogP contribution >= 0.6 is 0 Å². The summed E-state index contributed by atoms with van der Waals surface area (Å²) in [4.78, 5) is 25.6. The number of amides is 2. The zero-order valence-electron chi connectivity index (χ0n) is 10.9. The Morgan fingerprint density at radius 1 is 1.24 bits per heavy atom. The van der Waals surface area contributed by atoms with E-state index in [0.29, 0.717) is 12.3 Å². The van der Waals surface area contributed by atoms with E-state index in [4.69, 9.17) is 0 Å². The summed E-state index contributed by atoms with van der Waals surface area (Å²) < 4.78 is 0. The highest BCUT2D eigenvalue weighted by atomic mass is 16.3. The van der Waals surface area contributed by atoms with Crippen molar-refractivity contribution in [3.05, 3.63) is 0 Å². The zero-order chi connectivity index (χ0) is 13.0. The highest BCUT2D eigenvalue weighted by molar-refractivity contribution is 6.10. The number of piperidine rings is 1. The molecule has 0 aromatic heterocycles. The lowest BCUT2D eigenvalue weighted by molar-refractivity contribution is -0.147. The number of hydrogen-bond donors (Lipinski definition) is 1. The Hall–Kier alpha value is -0.900. The van der Waals surface area contributed by atoms with Gasteiger partial charge < -0.3 is 5.11 Å². The molecule has 2 rings (SSSR count). The molecule has 2 amide bonds. The Kier molecular flexibility index (Phi) is 2.81. The van der Waals surface area contributed by atoms with Gasteiger partial charge in [-0.1, -0.05) is 27.7 Å². The number of rotatable bonds is 4. The first-order valence-electron chi connectivity index (χ1n) is 6.30. The van der Waals surface area contributed by atoms with E-state index in [-0.39, 0.29) is 41.7 Å². The molecule has 1 N–H and O–H groups in total. The second-order valence-electron chi connectivity index (χ2n) is 6.29. The highest BCUT2D eigenvalue weighted by Gasteiger charge is 2.73. The summed E-state index contributed by atoms with van der Waals surface area (Å²) in [5.41, 5.74) is -0.164. The quantitative estimate of drug-likeness (QED) is 0.746. The average molecular weight is 239 g/mol. The van der Waals surface area contributed by atoms with Crippen molar-refractivity contribution < 1.29 is 14.7 Å². The Balaban J connectivity index is 2.14.